The van der Waals surface area contributed by atoms with Crippen molar-refractivity contribution < 1.29 is 9.18 Å². The number of benzene rings is 1. The SMILES string of the molecule is CC1CNCCC1NC(=O)C1(c2ccc(F)cc2)CCCC1.Cl. The summed E-state index contributed by atoms with van der Waals surface area (Å²) in [6.07, 6.45) is 4.83. The number of carbonyl (C=O) groups excluding carboxylic acids is 1. The summed E-state index contributed by atoms with van der Waals surface area (Å²) in [6, 6.07) is 6.75. The molecule has 2 atom stereocenters. The van der Waals surface area contributed by atoms with Gasteiger partial charge in [0.1, 0.15) is 5.82 Å². The summed E-state index contributed by atoms with van der Waals surface area (Å²) in [7, 11) is 0. The van der Waals surface area contributed by atoms with Gasteiger partial charge in [-0.15, -0.1) is 12.4 Å². The summed E-state index contributed by atoms with van der Waals surface area (Å²) in [5, 5.41) is 6.65. The molecule has 1 aromatic carbocycles. The number of halogens is 2. The molecule has 1 saturated carbocycles. The van der Waals surface area contributed by atoms with Crippen molar-refractivity contribution in [3.8, 4) is 0 Å². The van der Waals surface area contributed by atoms with Gasteiger partial charge >= 0.3 is 0 Å². The molecule has 128 valence electrons. The van der Waals surface area contributed by atoms with Crippen LogP contribution in [0, 0.1) is 11.7 Å². The third-order valence-electron chi connectivity index (χ3n) is 5.39. The van der Waals surface area contributed by atoms with Gasteiger partial charge in [-0.2, -0.15) is 0 Å². The van der Waals surface area contributed by atoms with Crippen LogP contribution >= 0.6 is 12.4 Å². The van der Waals surface area contributed by atoms with E-state index < -0.39 is 5.41 Å². The van der Waals surface area contributed by atoms with Crippen LogP contribution in [0.2, 0.25) is 0 Å². The van der Waals surface area contributed by atoms with Gasteiger partial charge < -0.3 is 10.6 Å². The van der Waals surface area contributed by atoms with Crippen molar-refractivity contribution in [2.24, 2.45) is 5.92 Å². The first kappa shape index (κ1) is 18.2. The van der Waals surface area contributed by atoms with Crippen LogP contribution in [0.1, 0.15) is 44.6 Å². The number of hydrogen-bond donors (Lipinski definition) is 2. The van der Waals surface area contributed by atoms with Crippen LogP contribution in [0.3, 0.4) is 0 Å². The number of carbonyl (C=O) groups is 1. The lowest BCUT2D eigenvalue weighted by Gasteiger charge is -2.35. The van der Waals surface area contributed by atoms with Gasteiger partial charge in [0.2, 0.25) is 5.91 Å². The standard InChI is InChI=1S/C18H25FN2O.ClH/c1-13-12-20-11-8-16(13)21-17(22)18(9-2-3-10-18)14-4-6-15(19)7-5-14;/h4-7,13,16,20H,2-3,8-12H2,1H3,(H,21,22);1H. The zero-order valence-corrected chi connectivity index (χ0v) is 14.4. The van der Waals surface area contributed by atoms with E-state index in [1.54, 1.807) is 12.1 Å². The molecule has 0 bridgehead atoms. The highest BCUT2D eigenvalue weighted by Gasteiger charge is 2.43. The smallest absolute Gasteiger partial charge is 0.230 e. The second-order valence-electron chi connectivity index (χ2n) is 6.85. The van der Waals surface area contributed by atoms with Crippen LogP contribution in [-0.2, 0) is 10.2 Å². The summed E-state index contributed by atoms with van der Waals surface area (Å²) in [5.74, 6) is 0.337. The first-order valence-corrected chi connectivity index (χ1v) is 8.39. The number of nitrogens with one attached hydrogen (secondary N) is 2. The zero-order chi connectivity index (χ0) is 15.6. The average Bonchev–Trinajstić information content (AvgIpc) is 3.01. The molecule has 0 spiro atoms. The van der Waals surface area contributed by atoms with Gasteiger partial charge in [0.15, 0.2) is 0 Å². The molecular weight excluding hydrogens is 315 g/mol. The molecule has 2 fully saturated rings. The van der Waals surface area contributed by atoms with Crippen molar-refractivity contribution in [1.82, 2.24) is 10.6 Å². The summed E-state index contributed by atoms with van der Waals surface area (Å²) < 4.78 is 13.2. The molecule has 1 aliphatic heterocycles. The predicted molar refractivity (Wildman–Crippen MR) is 92.4 cm³/mol. The van der Waals surface area contributed by atoms with E-state index in [1.165, 1.54) is 12.1 Å². The Kier molecular flexibility index (Phi) is 6.04. The Labute approximate surface area is 143 Å². The number of hydrogen-bond acceptors (Lipinski definition) is 2. The largest absolute Gasteiger partial charge is 0.352 e. The first-order valence-electron chi connectivity index (χ1n) is 8.39. The van der Waals surface area contributed by atoms with Crippen molar-refractivity contribution in [3.05, 3.63) is 35.6 Å². The molecule has 0 radical (unpaired) electrons. The Bertz CT molecular complexity index is 528. The van der Waals surface area contributed by atoms with E-state index in [0.717, 1.165) is 50.8 Å². The molecule has 1 aliphatic carbocycles. The molecule has 5 heteroatoms. The second-order valence-corrected chi connectivity index (χ2v) is 6.85. The first-order chi connectivity index (χ1) is 10.6. The highest BCUT2D eigenvalue weighted by molar-refractivity contribution is 5.88. The maximum absolute atomic E-state index is 13.2. The lowest BCUT2D eigenvalue weighted by Crippen LogP contribution is -2.53. The van der Waals surface area contributed by atoms with Crippen LogP contribution < -0.4 is 10.6 Å². The van der Waals surface area contributed by atoms with Crippen molar-refractivity contribution in [3.63, 3.8) is 0 Å². The van der Waals surface area contributed by atoms with Crippen molar-refractivity contribution in [1.29, 1.82) is 0 Å². The van der Waals surface area contributed by atoms with E-state index in [9.17, 15) is 9.18 Å². The normalized spacial score (nSPS) is 26.3. The van der Waals surface area contributed by atoms with Gasteiger partial charge in [-0.05, 0) is 56.0 Å². The summed E-state index contributed by atoms with van der Waals surface area (Å²) >= 11 is 0. The van der Waals surface area contributed by atoms with E-state index >= 15 is 0 Å². The summed E-state index contributed by atoms with van der Waals surface area (Å²) in [6.45, 7) is 4.09. The summed E-state index contributed by atoms with van der Waals surface area (Å²) in [4.78, 5) is 13.0. The number of amides is 1. The maximum atomic E-state index is 13.2. The lowest BCUT2D eigenvalue weighted by molar-refractivity contribution is -0.127. The number of rotatable bonds is 3. The third-order valence-corrected chi connectivity index (χ3v) is 5.39. The minimum Gasteiger partial charge on any atom is -0.352 e. The van der Waals surface area contributed by atoms with Crippen LogP contribution in [0.5, 0.6) is 0 Å². The molecule has 1 heterocycles. The minimum absolute atomic E-state index is 0. The Morgan fingerprint density at radius 3 is 2.52 bits per heavy atom. The molecule has 3 rings (SSSR count). The van der Waals surface area contributed by atoms with Crippen LogP contribution in [0.4, 0.5) is 4.39 Å². The third kappa shape index (κ3) is 3.69. The number of piperidine rings is 1. The van der Waals surface area contributed by atoms with Gasteiger partial charge in [0, 0.05) is 6.04 Å². The topological polar surface area (TPSA) is 41.1 Å². The van der Waals surface area contributed by atoms with Gasteiger partial charge in [-0.1, -0.05) is 31.9 Å². The van der Waals surface area contributed by atoms with E-state index in [-0.39, 0.29) is 30.2 Å². The molecule has 2 unspecified atom stereocenters. The van der Waals surface area contributed by atoms with E-state index in [0.29, 0.717) is 5.92 Å². The monoisotopic (exact) mass is 340 g/mol. The molecule has 2 N–H and O–H groups in total. The Morgan fingerprint density at radius 2 is 1.91 bits per heavy atom. The van der Waals surface area contributed by atoms with Crippen LogP contribution in [0.15, 0.2) is 24.3 Å². The van der Waals surface area contributed by atoms with E-state index in [4.69, 9.17) is 0 Å². The van der Waals surface area contributed by atoms with Gasteiger partial charge in [-0.3, -0.25) is 4.79 Å². The molecule has 2 aliphatic rings. The predicted octanol–water partition coefficient (Wildman–Crippen LogP) is 3.17. The van der Waals surface area contributed by atoms with Gasteiger partial charge in [-0.25, -0.2) is 4.39 Å². The van der Waals surface area contributed by atoms with Gasteiger partial charge in [0.25, 0.3) is 0 Å². The molecule has 23 heavy (non-hydrogen) atoms. The second kappa shape index (κ2) is 7.63. The lowest BCUT2D eigenvalue weighted by atomic mass is 9.77. The fourth-order valence-corrected chi connectivity index (χ4v) is 3.93. The van der Waals surface area contributed by atoms with Crippen molar-refractivity contribution >= 4 is 18.3 Å². The molecule has 1 amide bonds. The van der Waals surface area contributed by atoms with Gasteiger partial charge in [0.05, 0.1) is 5.41 Å². The fourth-order valence-electron chi connectivity index (χ4n) is 3.93. The average molecular weight is 341 g/mol. The van der Waals surface area contributed by atoms with Crippen molar-refractivity contribution in [2.45, 2.75) is 50.5 Å². The molecular formula is C18H26ClFN2O. The molecule has 1 aromatic rings. The Morgan fingerprint density at radius 1 is 1.26 bits per heavy atom. The van der Waals surface area contributed by atoms with E-state index in [2.05, 4.69) is 17.6 Å². The Balaban J connectivity index is 0.00000192. The van der Waals surface area contributed by atoms with Crippen LogP contribution in [0.25, 0.3) is 0 Å². The molecule has 0 aromatic heterocycles. The van der Waals surface area contributed by atoms with E-state index in [1.807, 2.05) is 0 Å². The Hall–Kier alpha value is -1.13. The van der Waals surface area contributed by atoms with Crippen LogP contribution in [-0.4, -0.2) is 25.0 Å². The fraction of sp³-hybridized carbons (Fsp3) is 0.611. The molecule has 1 saturated heterocycles. The quantitative estimate of drug-likeness (QED) is 0.887. The highest BCUT2D eigenvalue weighted by atomic mass is 35.5. The highest BCUT2D eigenvalue weighted by Crippen LogP contribution is 2.41. The summed E-state index contributed by atoms with van der Waals surface area (Å²) in [5.41, 5.74) is 0.503. The van der Waals surface area contributed by atoms with Crippen molar-refractivity contribution in [2.75, 3.05) is 13.1 Å². The maximum Gasteiger partial charge on any atom is 0.230 e. The molecule has 3 nitrogen and oxygen atoms in total. The minimum atomic E-state index is -0.460. The zero-order valence-electron chi connectivity index (χ0n) is 13.6.